The van der Waals surface area contributed by atoms with E-state index >= 15 is 0 Å². The summed E-state index contributed by atoms with van der Waals surface area (Å²) in [5.41, 5.74) is 0.105. The summed E-state index contributed by atoms with van der Waals surface area (Å²) < 4.78 is 0. The van der Waals surface area contributed by atoms with Crippen molar-refractivity contribution in [2.75, 3.05) is 5.75 Å². The maximum absolute atomic E-state index is 10.7. The fourth-order valence-electron chi connectivity index (χ4n) is 0.916. The lowest BCUT2D eigenvalue weighted by Crippen LogP contribution is -2.01. The van der Waals surface area contributed by atoms with Gasteiger partial charge in [-0.25, -0.2) is 4.79 Å². The molecule has 0 spiro atoms. The maximum atomic E-state index is 10.7. The van der Waals surface area contributed by atoms with Gasteiger partial charge in [0.15, 0.2) is 0 Å². The lowest BCUT2D eigenvalue weighted by atomic mass is 10.3. The largest absolute Gasteiger partial charge is 0.481 e. The number of hydrogen-bond donors (Lipinski definition) is 2. The molecule has 80 valence electrons. The fraction of sp³-hybridized carbons (Fsp3) is 0.222. The topological polar surface area (TPSA) is 87.5 Å². The van der Waals surface area contributed by atoms with E-state index in [0.29, 0.717) is 10.6 Å². The predicted molar refractivity (Wildman–Crippen MR) is 54.2 cm³/mol. The van der Waals surface area contributed by atoms with Crippen LogP contribution in [0.25, 0.3) is 0 Å². The van der Waals surface area contributed by atoms with Crippen molar-refractivity contribution in [3.05, 3.63) is 24.0 Å². The maximum Gasteiger partial charge on any atom is 0.338 e. The van der Waals surface area contributed by atoms with Crippen LogP contribution in [0.4, 0.5) is 0 Å². The quantitative estimate of drug-likeness (QED) is 0.738. The lowest BCUT2D eigenvalue weighted by molar-refractivity contribution is -0.136. The lowest BCUT2D eigenvalue weighted by Gasteiger charge is -2.02. The van der Waals surface area contributed by atoms with Crippen molar-refractivity contribution in [1.29, 1.82) is 0 Å². The van der Waals surface area contributed by atoms with Crippen LogP contribution in [0.3, 0.4) is 0 Å². The van der Waals surface area contributed by atoms with E-state index in [1.54, 1.807) is 6.07 Å². The number of pyridine rings is 1. The van der Waals surface area contributed by atoms with Crippen LogP contribution in [-0.4, -0.2) is 32.9 Å². The van der Waals surface area contributed by atoms with Gasteiger partial charge < -0.3 is 10.2 Å². The SMILES string of the molecule is O=C(O)CCSc1ccncc1C(=O)O. The van der Waals surface area contributed by atoms with E-state index in [4.69, 9.17) is 10.2 Å². The molecule has 1 aromatic rings. The minimum Gasteiger partial charge on any atom is -0.481 e. The normalized spacial score (nSPS) is 9.87. The van der Waals surface area contributed by atoms with Gasteiger partial charge in [-0.3, -0.25) is 9.78 Å². The zero-order valence-corrected chi connectivity index (χ0v) is 8.53. The zero-order chi connectivity index (χ0) is 11.3. The van der Waals surface area contributed by atoms with Crippen LogP contribution in [0, 0.1) is 0 Å². The molecule has 0 saturated heterocycles. The number of carboxylic acids is 2. The van der Waals surface area contributed by atoms with Gasteiger partial charge in [-0.15, -0.1) is 11.8 Å². The number of aromatic carboxylic acids is 1. The Labute approximate surface area is 90.1 Å². The molecule has 0 aliphatic heterocycles. The highest BCUT2D eigenvalue weighted by atomic mass is 32.2. The molecule has 1 rings (SSSR count). The molecule has 0 fully saturated rings. The molecule has 0 saturated carbocycles. The minimum atomic E-state index is -1.05. The summed E-state index contributed by atoms with van der Waals surface area (Å²) in [5.74, 6) is -1.60. The summed E-state index contributed by atoms with van der Waals surface area (Å²) in [5, 5.41) is 17.2. The standard InChI is InChI=1S/C9H9NO4S/c11-8(12)2-4-15-7-1-3-10-5-6(7)9(13)14/h1,3,5H,2,4H2,(H,11,12)(H,13,14). The summed E-state index contributed by atoms with van der Waals surface area (Å²) in [6.07, 6.45) is 2.74. The Morgan fingerprint density at radius 2 is 2.13 bits per heavy atom. The molecule has 0 radical (unpaired) electrons. The third-order valence-electron chi connectivity index (χ3n) is 1.58. The molecule has 0 atom stereocenters. The summed E-state index contributed by atoms with van der Waals surface area (Å²) >= 11 is 1.20. The number of aliphatic carboxylic acids is 1. The molecule has 1 aromatic heterocycles. The van der Waals surface area contributed by atoms with Crippen LogP contribution in [0.2, 0.25) is 0 Å². The summed E-state index contributed by atoms with van der Waals surface area (Å²) in [7, 11) is 0. The van der Waals surface area contributed by atoms with Gasteiger partial charge in [0.05, 0.1) is 12.0 Å². The Morgan fingerprint density at radius 1 is 1.40 bits per heavy atom. The Hall–Kier alpha value is -1.56. The van der Waals surface area contributed by atoms with Gasteiger partial charge in [-0.1, -0.05) is 0 Å². The molecular formula is C9H9NO4S. The molecular weight excluding hydrogens is 218 g/mol. The number of carbonyl (C=O) groups is 2. The van der Waals surface area contributed by atoms with Gasteiger partial charge >= 0.3 is 11.9 Å². The summed E-state index contributed by atoms with van der Waals surface area (Å²) in [6, 6.07) is 1.57. The first kappa shape index (κ1) is 11.5. The second-order valence-corrected chi connectivity index (χ2v) is 3.81. The molecule has 0 amide bonds. The highest BCUT2D eigenvalue weighted by Crippen LogP contribution is 2.22. The van der Waals surface area contributed by atoms with Gasteiger partial charge in [0.2, 0.25) is 0 Å². The second-order valence-electron chi connectivity index (χ2n) is 2.67. The van der Waals surface area contributed by atoms with Crippen LogP contribution < -0.4 is 0 Å². The van der Waals surface area contributed by atoms with Crippen LogP contribution in [0.15, 0.2) is 23.4 Å². The van der Waals surface area contributed by atoms with Gasteiger partial charge in [-0.05, 0) is 6.07 Å². The molecule has 0 unspecified atom stereocenters. The van der Waals surface area contributed by atoms with Gasteiger partial charge in [-0.2, -0.15) is 0 Å². The number of aromatic nitrogens is 1. The van der Waals surface area contributed by atoms with E-state index in [0.717, 1.165) is 0 Å². The average Bonchev–Trinajstić information content (AvgIpc) is 2.17. The van der Waals surface area contributed by atoms with Gasteiger partial charge in [0, 0.05) is 23.0 Å². The third-order valence-corrected chi connectivity index (χ3v) is 2.66. The first-order chi connectivity index (χ1) is 7.11. The molecule has 1 heterocycles. The molecule has 6 heteroatoms. The van der Waals surface area contributed by atoms with Crippen molar-refractivity contribution < 1.29 is 19.8 Å². The molecule has 2 N–H and O–H groups in total. The van der Waals surface area contributed by atoms with Gasteiger partial charge in [0.25, 0.3) is 0 Å². The highest BCUT2D eigenvalue weighted by Gasteiger charge is 2.10. The third kappa shape index (κ3) is 3.59. The molecule has 0 aromatic carbocycles. The van der Waals surface area contributed by atoms with Crippen molar-refractivity contribution in [2.24, 2.45) is 0 Å². The van der Waals surface area contributed by atoms with Crippen molar-refractivity contribution in [2.45, 2.75) is 11.3 Å². The van der Waals surface area contributed by atoms with Crippen molar-refractivity contribution in [1.82, 2.24) is 4.98 Å². The van der Waals surface area contributed by atoms with Crippen LogP contribution in [-0.2, 0) is 4.79 Å². The zero-order valence-electron chi connectivity index (χ0n) is 7.71. The Balaban J connectivity index is 2.67. The van der Waals surface area contributed by atoms with E-state index in [-0.39, 0.29) is 12.0 Å². The first-order valence-electron chi connectivity index (χ1n) is 4.13. The van der Waals surface area contributed by atoms with Crippen LogP contribution in [0.5, 0.6) is 0 Å². The van der Waals surface area contributed by atoms with E-state index in [1.165, 1.54) is 24.2 Å². The predicted octanol–water partition coefficient (Wildman–Crippen LogP) is 1.35. The number of hydrogen-bond acceptors (Lipinski definition) is 4. The second kappa shape index (κ2) is 5.35. The molecule has 0 aliphatic carbocycles. The van der Waals surface area contributed by atoms with Crippen LogP contribution >= 0.6 is 11.8 Å². The van der Waals surface area contributed by atoms with E-state index in [9.17, 15) is 9.59 Å². The van der Waals surface area contributed by atoms with Crippen molar-refractivity contribution >= 4 is 23.7 Å². The number of carboxylic acid groups (broad SMARTS) is 2. The molecule has 5 nitrogen and oxygen atoms in total. The number of rotatable bonds is 5. The Kier molecular flexibility index (Phi) is 4.11. The minimum absolute atomic E-state index is 0.00600. The summed E-state index contributed by atoms with van der Waals surface area (Å²) in [4.78, 5) is 25.3. The van der Waals surface area contributed by atoms with Gasteiger partial charge in [0.1, 0.15) is 0 Å². The van der Waals surface area contributed by atoms with E-state index < -0.39 is 11.9 Å². The Morgan fingerprint density at radius 3 is 2.73 bits per heavy atom. The summed E-state index contributed by atoms with van der Waals surface area (Å²) in [6.45, 7) is 0. The van der Waals surface area contributed by atoms with Crippen LogP contribution in [0.1, 0.15) is 16.8 Å². The monoisotopic (exact) mass is 227 g/mol. The van der Waals surface area contributed by atoms with E-state index in [1.807, 2.05) is 0 Å². The van der Waals surface area contributed by atoms with Crippen molar-refractivity contribution in [3.63, 3.8) is 0 Å². The van der Waals surface area contributed by atoms with E-state index in [2.05, 4.69) is 4.98 Å². The molecule has 0 aliphatic rings. The Bertz CT molecular complexity index is 380. The number of nitrogens with zero attached hydrogens (tertiary/aromatic N) is 1. The fourth-order valence-corrected chi connectivity index (χ4v) is 1.87. The number of thioether (sulfide) groups is 1. The molecule has 15 heavy (non-hydrogen) atoms. The first-order valence-corrected chi connectivity index (χ1v) is 5.11. The smallest absolute Gasteiger partial charge is 0.338 e. The van der Waals surface area contributed by atoms with Crippen molar-refractivity contribution in [3.8, 4) is 0 Å². The molecule has 0 bridgehead atoms. The average molecular weight is 227 g/mol. The highest BCUT2D eigenvalue weighted by molar-refractivity contribution is 7.99.